The summed E-state index contributed by atoms with van der Waals surface area (Å²) in [6.45, 7) is 5.69. The van der Waals surface area contributed by atoms with Crippen LogP contribution in [0.3, 0.4) is 0 Å². The number of hydrogen-bond donors (Lipinski definition) is 0. The van der Waals surface area contributed by atoms with Crippen molar-refractivity contribution in [3.8, 4) is 0 Å². The number of benzene rings is 1. The highest BCUT2D eigenvalue weighted by Gasteiger charge is 2.30. The average Bonchev–Trinajstić information content (AvgIpc) is 3.36. The largest absolute Gasteiger partial charge is 0.276 e. The monoisotopic (exact) mass is 423 g/mol. The molecule has 0 saturated heterocycles. The third-order valence-corrected chi connectivity index (χ3v) is 6.57. The van der Waals surface area contributed by atoms with E-state index in [-0.39, 0.29) is 5.56 Å². The van der Waals surface area contributed by atoms with Crippen molar-refractivity contribution in [1.29, 1.82) is 0 Å². The summed E-state index contributed by atoms with van der Waals surface area (Å²) in [5, 5.41) is 7.52. The Morgan fingerprint density at radius 2 is 2.10 bits per heavy atom. The predicted octanol–water partition coefficient (Wildman–Crippen LogP) is 4.05. The van der Waals surface area contributed by atoms with E-state index in [1.54, 1.807) is 22.0 Å². The third kappa shape index (κ3) is 3.27. The topological polar surface area (TPSA) is 47.5 Å². The first-order chi connectivity index (χ1) is 14.2. The fourth-order valence-electron chi connectivity index (χ4n) is 3.76. The van der Waals surface area contributed by atoms with Crippen molar-refractivity contribution in [2.75, 3.05) is 0 Å². The number of fused-ring (bicyclic) bond motifs is 3. The fourth-order valence-corrected chi connectivity index (χ4v) is 4.77. The number of allylic oxidation sites excluding steroid dienone is 1. The van der Waals surface area contributed by atoms with Gasteiger partial charge < -0.3 is 0 Å². The van der Waals surface area contributed by atoms with Crippen molar-refractivity contribution in [3.63, 3.8) is 0 Å². The van der Waals surface area contributed by atoms with Gasteiger partial charge >= 0.3 is 0 Å². The zero-order valence-electron chi connectivity index (χ0n) is 15.9. The maximum atomic E-state index is 13.0. The molecule has 1 fully saturated rings. The molecule has 4 aromatic rings. The molecular weight excluding hydrogens is 402 g/mol. The van der Waals surface area contributed by atoms with E-state index in [1.165, 1.54) is 17.7 Å². The molecule has 0 spiro atoms. The number of rotatable bonds is 7. The average molecular weight is 424 g/mol. The molecule has 1 saturated carbocycles. The van der Waals surface area contributed by atoms with Gasteiger partial charge in [0.05, 0.1) is 17.6 Å². The Kier molecular flexibility index (Phi) is 4.69. The van der Waals surface area contributed by atoms with Gasteiger partial charge in [0.2, 0.25) is 10.5 Å². The van der Waals surface area contributed by atoms with Crippen molar-refractivity contribution in [3.05, 3.63) is 74.4 Å². The fraction of sp³-hybridized carbons (Fsp3) is 0.286. The van der Waals surface area contributed by atoms with E-state index in [1.807, 2.05) is 33.3 Å². The molecule has 0 amide bonds. The Balaban J connectivity index is 1.65. The van der Waals surface area contributed by atoms with Gasteiger partial charge in [-0.2, -0.15) is 0 Å². The normalized spacial score (nSPS) is 14.2. The summed E-state index contributed by atoms with van der Waals surface area (Å²) < 4.78 is 6.00. The Morgan fingerprint density at radius 1 is 1.28 bits per heavy atom. The Morgan fingerprint density at radius 3 is 2.83 bits per heavy atom. The maximum Gasteiger partial charge on any atom is 0.263 e. The zero-order valence-corrected chi connectivity index (χ0v) is 17.5. The minimum atomic E-state index is -0.0715. The van der Waals surface area contributed by atoms with Crippen LogP contribution < -0.4 is 5.56 Å². The molecule has 0 aliphatic heterocycles. The van der Waals surface area contributed by atoms with Gasteiger partial charge in [-0.3, -0.25) is 18.7 Å². The highest BCUT2D eigenvalue weighted by atomic mass is 32.1. The maximum absolute atomic E-state index is 13.0. The van der Waals surface area contributed by atoms with Gasteiger partial charge in [0.1, 0.15) is 0 Å². The number of thiophene rings is 1. The van der Waals surface area contributed by atoms with Crippen LogP contribution >= 0.6 is 23.6 Å². The van der Waals surface area contributed by atoms with Gasteiger partial charge in [-0.1, -0.05) is 24.3 Å². The lowest BCUT2D eigenvalue weighted by molar-refractivity contribution is 0.188. The molecule has 1 aromatic carbocycles. The Hall–Kier alpha value is -2.55. The summed E-state index contributed by atoms with van der Waals surface area (Å²) >= 11 is 7.58. The minimum Gasteiger partial charge on any atom is -0.276 e. The highest BCUT2D eigenvalue weighted by molar-refractivity contribution is 7.71. The molecule has 148 valence electrons. The highest BCUT2D eigenvalue weighted by Crippen LogP contribution is 2.29. The van der Waals surface area contributed by atoms with E-state index in [2.05, 4.69) is 29.0 Å². The molecular formula is C21H21N5OS2. The first-order valence-corrected chi connectivity index (χ1v) is 10.9. The molecule has 3 aromatic heterocycles. The van der Waals surface area contributed by atoms with Crippen molar-refractivity contribution < 1.29 is 0 Å². The van der Waals surface area contributed by atoms with Gasteiger partial charge in [0.15, 0.2) is 0 Å². The van der Waals surface area contributed by atoms with Crippen LogP contribution in [0.2, 0.25) is 0 Å². The van der Waals surface area contributed by atoms with Crippen molar-refractivity contribution >= 4 is 40.2 Å². The summed E-state index contributed by atoms with van der Waals surface area (Å²) in [5.74, 6) is 0.561. The minimum absolute atomic E-state index is 0.0715. The van der Waals surface area contributed by atoms with E-state index in [4.69, 9.17) is 17.3 Å². The van der Waals surface area contributed by atoms with E-state index in [0.717, 1.165) is 12.1 Å². The van der Waals surface area contributed by atoms with Crippen molar-refractivity contribution in [2.45, 2.75) is 38.6 Å². The van der Waals surface area contributed by atoms with Gasteiger partial charge in [0, 0.05) is 24.0 Å². The SMILES string of the molecule is C=CCn1c(=O)c2ccccc2n2c(=S)n(CN(Cc3cccs3)C3CC3)nc12. The van der Waals surface area contributed by atoms with Crippen LogP contribution in [0.5, 0.6) is 0 Å². The van der Waals surface area contributed by atoms with Crippen LogP contribution in [-0.2, 0) is 19.8 Å². The molecule has 0 bridgehead atoms. The van der Waals surface area contributed by atoms with Gasteiger partial charge in [-0.05, 0) is 48.6 Å². The van der Waals surface area contributed by atoms with Crippen LogP contribution in [0.15, 0.2) is 59.2 Å². The van der Waals surface area contributed by atoms with Gasteiger partial charge in [-0.15, -0.1) is 23.0 Å². The van der Waals surface area contributed by atoms with Crippen molar-refractivity contribution in [2.24, 2.45) is 0 Å². The molecule has 0 radical (unpaired) electrons. The van der Waals surface area contributed by atoms with E-state index >= 15 is 0 Å². The van der Waals surface area contributed by atoms with Crippen LogP contribution in [0.25, 0.3) is 16.7 Å². The number of hydrogen-bond acceptors (Lipinski definition) is 5. The third-order valence-electron chi connectivity index (χ3n) is 5.31. The molecule has 1 aliphatic rings. The first-order valence-electron chi connectivity index (χ1n) is 9.66. The summed E-state index contributed by atoms with van der Waals surface area (Å²) in [7, 11) is 0. The predicted molar refractivity (Wildman–Crippen MR) is 119 cm³/mol. The van der Waals surface area contributed by atoms with Crippen LogP contribution in [0, 0.1) is 4.77 Å². The van der Waals surface area contributed by atoms with E-state index in [0.29, 0.717) is 35.2 Å². The molecule has 0 atom stereocenters. The Bertz CT molecular complexity index is 1310. The summed E-state index contributed by atoms with van der Waals surface area (Å²) in [6.07, 6.45) is 4.12. The zero-order chi connectivity index (χ0) is 20.0. The first kappa shape index (κ1) is 18.5. The number of para-hydroxylation sites is 1. The molecule has 0 N–H and O–H groups in total. The van der Waals surface area contributed by atoms with Gasteiger partial charge in [0.25, 0.3) is 5.56 Å². The second-order valence-electron chi connectivity index (χ2n) is 7.34. The second kappa shape index (κ2) is 7.37. The summed E-state index contributed by atoms with van der Waals surface area (Å²) in [4.78, 5) is 16.8. The van der Waals surface area contributed by atoms with Crippen LogP contribution in [0.1, 0.15) is 17.7 Å². The standard InChI is InChI=1S/C21H21N5OS2/c1-2-11-24-19(27)17-7-3-4-8-18(17)26-20(24)22-25(21(26)28)14-23(15-9-10-15)13-16-6-5-12-29-16/h2-8,12,15H,1,9-11,13-14H2. The molecule has 5 rings (SSSR count). The van der Waals surface area contributed by atoms with E-state index < -0.39 is 0 Å². The second-order valence-corrected chi connectivity index (χ2v) is 8.74. The molecule has 3 heterocycles. The quantitative estimate of drug-likeness (QED) is 0.332. The molecule has 6 nitrogen and oxygen atoms in total. The summed E-state index contributed by atoms with van der Waals surface area (Å²) in [6, 6.07) is 12.4. The molecule has 8 heteroatoms. The Labute approximate surface area is 176 Å². The number of nitrogens with zero attached hydrogens (tertiary/aromatic N) is 5. The lowest BCUT2D eigenvalue weighted by atomic mass is 10.2. The van der Waals surface area contributed by atoms with Crippen LogP contribution in [0.4, 0.5) is 0 Å². The smallest absolute Gasteiger partial charge is 0.263 e. The van der Waals surface area contributed by atoms with Gasteiger partial charge in [-0.25, -0.2) is 4.68 Å². The summed E-state index contributed by atoms with van der Waals surface area (Å²) in [5.41, 5.74) is 0.720. The lowest BCUT2D eigenvalue weighted by Crippen LogP contribution is -2.28. The van der Waals surface area contributed by atoms with E-state index in [9.17, 15) is 4.79 Å². The molecule has 29 heavy (non-hydrogen) atoms. The van der Waals surface area contributed by atoms with Crippen LogP contribution in [-0.4, -0.2) is 29.7 Å². The molecule has 0 unspecified atom stereocenters. The lowest BCUT2D eigenvalue weighted by Gasteiger charge is -2.20. The van der Waals surface area contributed by atoms with Crippen molar-refractivity contribution in [1.82, 2.24) is 23.6 Å². The number of aromatic nitrogens is 4. The molecule has 1 aliphatic carbocycles.